The molecule has 1 aliphatic rings. The van der Waals surface area contributed by atoms with Crippen LogP contribution in [0.5, 0.6) is 0 Å². The van der Waals surface area contributed by atoms with Crippen LogP contribution in [-0.2, 0) is 6.42 Å². The van der Waals surface area contributed by atoms with Gasteiger partial charge in [-0.25, -0.2) is 15.0 Å². The van der Waals surface area contributed by atoms with Crippen LogP contribution in [0.3, 0.4) is 0 Å². The first kappa shape index (κ1) is 14.6. The fourth-order valence-corrected chi connectivity index (χ4v) is 3.78. The lowest BCUT2D eigenvalue weighted by Crippen LogP contribution is -2.39. The molecule has 0 saturated carbocycles. The van der Waals surface area contributed by atoms with Crippen LogP contribution in [0, 0.1) is 0 Å². The molecule has 1 aliphatic carbocycles. The lowest BCUT2D eigenvalue weighted by atomic mass is 9.90. The summed E-state index contributed by atoms with van der Waals surface area (Å²) in [6.45, 7) is 7.62. The molecule has 4 nitrogen and oxygen atoms in total. The van der Waals surface area contributed by atoms with Crippen molar-refractivity contribution in [3.8, 4) is 10.8 Å². The SMILES string of the molecule is CC(C)(C)NCC1CCCc2sc(-c3ncccn3)nc21. The molecule has 0 aromatic carbocycles. The standard InChI is InChI=1S/C16H22N4S/c1-16(2,3)19-10-11-6-4-7-12-13(11)20-15(21-12)14-17-8-5-9-18-14/h5,8-9,11,19H,4,6-7,10H2,1-3H3. The summed E-state index contributed by atoms with van der Waals surface area (Å²) in [4.78, 5) is 14.9. The van der Waals surface area contributed by atoms with Gasteiger partial charge in [0.05, 0.1) is 5.69 Å². The molecule has 1 N–H and O–H groups in total. The summed E-state index contributed by atoms with van der Waals surface area (Å²) in [6, 6.07) is 1.84. The van der Waals surface area contributed by atoms with E-state index < -0.39 is 0 Å². The van der Waals surface area contributed by atoms with Gasteiger partial charge in [0.1, 0.15) is 0 Å². The Hall–Kier alpha value is -1.33. The Morgan fingerprint density at radius 1 is 1.29 bits per heavy atom. The topological polar surface area (TPSA) is 50.7 Å². The molecule has 112 valence electrons. The molecule has 1 atom stereocenters. The molecule has 0 radical (unpaired) electrons. The van der Waals surface area contributed by atoms with E-state index in [1.54, 1.807) is 23.7 Å². The molecule has 0 saturated heterocycles. The second-order valence-electron chi connectivity index (χ2n) is 6.62. The van der Waals surface area contributed by atoms with Gasteiger partial charge >= 0.3 is 0 Å². The minimum Gasteiger partial charge on any atom is -0.311 e. The van der Waals surface area contributed by atoms with E-state index in [4.69, 9.17) is 4.98 Å². The molecule has 2 heterocycles. The molecule has 3 rings (SSSR count). The highest BCUT2D eigenvalue weighted by Gasteiger charge is 2.26. The van der Waals surface area contributed by atoms with E-state index in [1.807, 2.05) is 6.07 Å². The van der Waals surface area contributed by atoms with Crippen molar-refractivity contribution in [1.82, 2.24) is 20.3 Å². The number of aromatic nitrogens is 3. The highest BCUT2D eigenvalue weighted by atomic mass is 32.1. The Kier molecular flexibility index (Phi) is 4.04. The maximum absolute atomic E-state index is 4.86. The van der Waals surface area contributed by atoms with E-state index in [-0.39, 0.29) is 5.54 Å². The predicted octanol–water partition coefficient (Wildman–Crippen LogP) is 3.41. The largest absolute Gasteiger partial charge is 0.311 e. The third kappa shape index (κ3) is 3.47. The maximum Gasteiger partial charge on any atom is 0.188 e. The Labute approximate surface area is 130 Å². The van der Waals surface area contributed by atoms with Gasteiger partial charge < -0.3 is 5.32 Å². The lowest BCUT2D eigenvalue weighted by Gasteiger charge is -2.27. The van der Waals surface area contributed by atoms with Gasteiger partial charge in [-0.15, -0.1) is 11.3 Å². The number of nitrogens with one attached hydrogen (secondary N) is 1. The normalized spacial score (nSPS) is 18.5. The van der Waals surface area contributed by atoms with E-state index in [2.05, 4.69) is 36.1 Å². The molecule has 21 heavy (non-hydrogen) atoms. The van der Waals surface area contributed by atoms with Crippen LogP contribution < -0.4 is 5.32 Å². The molecule has 2 aromatic heterocycles. The first-order valence-electron chi connectivity index (χ1n) is 7.55. The number of aryl methyl sites for hydroxylation is 1. The highest BCUT2D eigenvalue weighted by molar-refractivity contribution is 7.15. The van der Waals surface area contributed by atoms with Crippen LogP contribution in [0.2, 0.25) is 0 Å². The van der Waals surface area contributed by atoms with Crippen molar-refractivity contribution in [3.05, 3.63) is 29.0 Å². The molecule has 5 heteroatoms. The van der Waals surface area contributed by atoms with Gasteiger partial charge in [0.15, 0.2) is 10.8 Å². The fourth-order valence-electron chi connectivity index (χ4n) is 2.64. The number of thiazole rings is 1. The first-order chi connectivity index (χ1) is 10.0. The minimum absolute atomic E-state index is 0.152. The van der Waals surface area contributed by atoms with E-state index in [0.717, 1.165) is 23.8 Å². The van der Waals surface area contributed by atoms with Crippen molar-refractivity contribution < 1.29 is 0 Å². The van der Waals surface area contributed by atoms with Gasteiger partial charge in [0.2, 0.25) is 0 Å². The summed E-state index contributed by atoms with van der Waals surface area (Å²) in [5.41, 5.74) is 1.42. The van der Waals surface area contributed by atoms with Gasteiger partial charge in [-0.05, 0) is 46.1 Å². The summed E-state index contributed by atoms with van der Waals surface area (Å²) in [5.74, 6) is 1.26. The van der Waals surface area contributed by atoms with Gasteiger partial charge in [-0.2, -0.15) is 0 Å². The molecule has 0 fully saturated rings. The summed E-state index contributed by atoms with van der Waals surface area (Å²) < 4.78 is 0. The molecule has 0 aliphatic heterocycles. The zero-order valence-corrected chi connectivity index (χ0v) is 13.7. The molecule has 0 amide bonds. The monoisotopic (exact) mass is 302 g/mol. The Bertz CT molecular complexity index is 600. The average molecular weight is 302 g/mol. The zero-order valence-electron chi connectivity index (χ0n) is 12.9. The van der Waals surface area contributed by atoms with E-state index in [0.29, 0.717) is 5.92 Å². The number of hydrogen-bond donors (Lipinski definition) is 1. The van der Waals surface area contributed by atoms with Crippen LogP contribution in [0.4, 0.5) is 0 Å². The Balaban J connectivity index is 1.83. The zero-order chi connectivity index (χ0) is 14.9. The van der Waals surface area contributed by atoms with Gasteiger partial charge in [-0.1, -0.05) is 0 Å². The summed E-state index contributed by atoms with van der Waals surface area (Å²) >= 11 is 1.76. The minimum atomic E-state index is 0.152. The third-order valence-corrected chi connectivity index (χ3v) is 4.83. The van der Waals surface area contributed by atoms with Crippen LogP contribution >= 0.6 is 11.3 Å². The van der Waals surface area contributed by atoms with Crippen molar-refractivity contribution in [2.24, 2.45) is 0 Å². The Morgan fingerprint density at radius 2 is 2.05 bits per heavy atom. The number of hydrogen-bond acceptors (Lipinski definition) is 5. The summed E-state index contributed by atoms with van der Waals surface area (Å²) in [5, 5.41) is 4.58. The first-order valence-corrected chi connectivity index (χ1v) is 8.36. The molecular formula is C16H22N4S. The van der Waals surface area contributed by atoms with Gasteiger partial charge in [0.25, 0.3) is 0 Å². The lowest BCUT2D eigenvalue weighted by molar-refractivity contribution is 0.388. The van der Waals surface area contributed by atoms with Crippen molar-refractivity contribution in [2.75, 3.05) is 6.54 Å². The highest BCUT2D eigenvalue weighted by Crippen LogP contribution is 2.37. The molecule has 1 unspecified atom stereocenters. The van der Waals surface area contributed by atoms with Crippen LogP contribution in [-0.4, -0.2) is 27.0 Å². The number of nitrogens with zero attached hydrogens (tertiary/aromatic N) is 3. The quantitative estimate of drug-likeness (QED) is 0.944. The van der Waals surface area contributed by atoms with Gasteiger partial charge in [-0.3, -0.25) is 0 Å². The predicted molar refractivity (Wildman–Crippen MR) is 86.6 cm³/mol. The van der Waals surface area contributed by atoms with E-state index >= 15 is 0 Å². The second kappa shape index (κ2) is 5.81. The Morgan fingerprint density at radius 3 is 2.76 bits per heavy atom. The van der Waals surface area contributed by atoms with Crippen molar-refractivity contribution in [2.45, 2.75) is 51.5 Å². The van der Waals surface area contributed by atoms with Crippen LogP contribution in [0.15, 0.2) is 18.5 Å². The molecule has 2 aromatic rings. The summed E-state index contributed by atoms with van der Waals surface area (Å²) in [7, 11) is 0. The maximum atomic E-state index is 4.86. The fraction of sp³-hybridized carbons (Fsp3) is 0.562. The van der Waals surface area contributed by atoms with Gasteiger partial charge in [0, 0.05) is 35.3 Å². The van der Waals surface area contributed by atoms with Crippen molar-refractivity contribution >= 4 is 11.3 Å². The number of rotatable bonds is 3. The van der Waals surface area contributed by atoms with Crippen LogP contribution in [0.25, 0.3) is 10.8 Å². The van der Waals surface area contributed by atoms with Crippen LogP contribution in [0.1, 0.15) is 50.1 Å². The molecule has 0 spiro atoms. The van der Waals surface area contributed by atoms with Crippen molar-refractivity contribution in [3.63, 3.8) is 0 Å². The molecular weight excluding hydrogens is 280 g/mol. The van der Waals surface area contributed by atoms with Crippen molar-refractivity contribution in [1.29, 1.82) is 0 Å². The molecule has 0 bridgehead atoms. The third-order valence-electron chi connectivity index (χ3n) is 3.71. The van der Waals surface area contributed by atoms with E-state index in [9.17, 15) is 0 Å². The smallest absolute Gasteiger partial charge is 0.188 e. The average Bonchev–Trinajstić information content (AvgIpc) is 2.89. The number of fused-ring (bicyclic) bond motifs is 1. The second-order valence-corrected chi connectivity index (χ2v) is 7.70. The van der Waals surface area contributed by atoms with E-state index in [1.165, 1.54) is 23.4 Å². The summed E-state index contributed by atoms with van der Waals surface area (Å²) in [6.07, 6.45) is 7.17.